The van der Waals surface area contributed by atoms with Crippen LogP contribution >= 0.6 is 0 Å². The summed E-state index contributed by atoms with van der Waals surface area (Å²) in [5.41, 5.74) is 0.138. The topological polar surface area (TPSA) is 29.1 Å². The lowest BCUT2D eigenvalue weighted by molar-refractivity contribution is -0.137. The van der Waals surface area contributed by atoms with Gasteiger partial charge in [-0.15, -0.1) is 0 Å². The van der Waals surface area contributed by atoms with Gasteiger partial charge in [-0.3, -0.25) is 4.79 Å². The first-order valence-corrected chi connectivity index (χ1v) is 4.92. The third kappa shape index (κ3) is 3.62. The molecule has 0 aromatic heterocycles. The largest absolute Gasteiger partial charge is 0.416 e. The van der Waals surface area contributed by atoms with Gasteiger partial charge in [0.1, 0.15) is 0 Å². The lowest BCUT2D eigenvalue weighted by Gasteiger charge is -2.08. The number of likely N-dealkylation sites (N-methyl/N-ethyl adjacent to an activating group) is 1. The van der Waals surface area contributed by atoms with Crippen LogP contribution in [0.2, 0.25) is 0 Å². The van der Waals surface area contributed by atoms with Gasteiger partial charge < -0.3 is 5.32 Å². The maximum absolute atomic E-state index is 12.5. The van der Waals surface area contributed by atoms with Crippen LogP contribution in [0.25, 0.3) is 5.57 Å². The fraction of sp³-hybridized carbons (Fsp3) is 0.250. The molecular formula is C12H12F3NO. The Morgan fingerprint density at radius 3 is 2.53 bits per heavy atom. The van der Waals surface area contributed by atoms with E-state index in [1.165, 1.54) is 25.3 Å². The van der Waals surface area contributed by atoms with Crippen LogP contribution in [0.3, 0.4) is 0 Å². The average Bonchev–Trinajstić information content (AvgIpc) is 2.28. The minimum Gasteiger partial charge on any atom is -0.356 e. The van der Waals surface area contributed by atoms with E-state index in [4.69, 9.17) is 0 Å². The maximum atomic E-state index is 12.5. The van der Waals surface area contributed by atoms with Gasteiger partial charge in [0.2, 0.25) is 5.91 Å². The van der Waals surface area contributed by atoms with Crippen molar-refractivity contribution in [1.29, 1.82) is 0 Å². The molecule has 0 unspecified atom stereocenters. The Hall–Kier alpha value is -1.78. The second-order valence-corrected chi connectivity index (χ2v) is 3.52. The lowest BCUT2D eigenvalue weighted by Crippen LogP contribution is -2.14. The Balaban J connectivity index is 3.08. The normalized spacial score (nSPS) is 12.4. The maximum Gasteiger partial charge on any atom is 0.416 e. The predicted octanol–water partition coefficient (Wildman–Crippen LogP) is 2.85. The molecule has 0 aliphatic carbocycles. The van der Waals surface area contributed by atoms with E-state index >= 15 is 0 Å². The summed E-state index contributed by atoms with van der Waals surface area (Å²) in [7, 11) is 1.46. The molecule has 17 heavy (non-hydrogen) atoms. The van der Waals surface area contributed by atoms with Crippen molar-refractivity contribution in [3.05, 3.63) is 41.5 Å². The van der Waals surface area contributed by atoms with Crippen LogP contribution in [-0.4, -0.2) is 13.0 Å². The molecule has 5 heteroatoms. The summed E-state index contributed by atoms with van der Waals surface area (Å²) in [6.45, 7) is 1.59. The summed E-state index contributed by atoms with van der Waals surface area (Å²) in [6.07, 6.45) is -3.11. The van der Waals surface area contributed by atoms with Gasteiger partial charge in [0.25, 0.3) is 0 Å². The summed E-state index contributed by atoms with van der Waals surface area (Å²) in [5.74, 6) is -0.347. The zero-order valence-electron chi connectivity index (χ0n) is 9.43. The zero-order valence-corrected chi connectivity index (χ0v) is 9.43. The molecule has 0 aliphatic rings. The highest BCUT2D eigenvalue weighted by Gasteiger charge is 2.30. The Labute approximate surface area is 97.1 Å². The summed E-state index contributed by atoms with van der Waals surface area (Å²) in [4.78, 5) is 11.1. The first-order chi connectivity index (χ1) is 7.84. The van der Waals surface area contributed by atoms with Gasteiger partial charge in [-0.1, -0.05) is 12.1 Å². The number of carbonyl (C=O) groups is 1. The van der Waals surface area contributed by atoms with Crippen molar-refractivity contribution in [2.75, 3.05) is 7.05 Å². The van der Waals surface area contributed by atoms with Crippen LogP contribution in [0.1, 0.15) is 18.1 Å². The second kappa shape index (κ2) is 5.03. The van der Waals surface area contributed by atoms with E-state index in [1.54, 1.807) is 6.92 Å². The van der Waals surface area contributed by atoms with Gasteiger partial charge in [-0.2, -0.15) is 13.2 Å². The summed E-state index contributed by atoms with van der Waals surface area (Å²) >= 11 is 0. The van der Waals surface area contributed by atoms with Crippen molar-refractivity contribution in [1.82, 2.24) is 5.32 Å². The average molecular weight is 243 g/mol. The van der Waals surface area contributed by atoms with Crippen molar-refractivity contribution in [2.45, 2.75) is 13.1 Å². The van der Waals surface area contributed by atoms with Gasteiger partial charge >= 0.3 is 6.18 Å². The van der Waals surface area contributed by atoms with E-state index in [2.05, 4.69) is 5.32 Å². The molecule has 1 aromatic carbocycles. The molecule has 0 saturated heterocycles. The number of amides is 1. The lowest BCUT2D eigenvalue weighted by atomic mass is 10.0. The zero-order chi connectivity index (χ0) is 13.1. The van der Waals surface area contributed by atoms with E-state index in [-0.39, 0.29) is 5.91 Å². The van der Waals surface area contributed by atoms with Crippen LogP contribution < -0.4 is 5.32 Å². The van der Waals surface area contributed by atoms with Crippen LogP contribution in [0, 0.1) is 0 Å². The first kappa shape index (κ1) is 13.3. The van der Waals surface area contributed by atoms with Gasteiger partial charge in [0, 0.05) is 13.1 Å². The number of hydrogen-bond donors (Lipinski definition) is 1. The molecule has 0 atom stereocenters. The predicted molar refractivity (Wildman–Crippen MR) is 59.2 cm³/mol. The fourth-order valence-electron chi connectivity index (χ4n) is 1.29. The van der Waals surface area contributed by atoms with Gasteiger partial charge in [-0.05, 0) is 30.2 Å². The number of benzene rings is 1. The van der Waals surface area contributed by atoms with E-state index in [0.717, 1.165) is 12.1 Å². The first-order valence-electron chi connectivity index (χ1n) is 4.92. The highest BCUT2D eigenvalue weighted by Crippen LogP contribution is 2.30. The van der Waals surface area contributed by atoms with Gasteiger partial charge in [-0.25, -0.2) is 0 Å². The van der Waals surface area contributed by atoms with E-state index < -0.39 is 11.7 Å². The summed E-state index contributed by atoms with van der Waals surface area (Å²) < 4.78 is 37.4. The monoisotopic (exact) mass is 243 g/mol. The molecule has 0 saturated carbocycles. The number of alkyl halides is 3. The SMILES string of the molecule is CNC(=O)/C=C(\C)c1cccc(C(F)(F)F)c1. The highest BCUT2D eigenvalue weighted by atomic mass is 19.4. The van der Waals surface area contributed by atoms with Crippen molar-refractivity contribution < 1.29 is 18.0 Å². The minimum absolute atomic E-state index is 0.347. The molecule has 1 aromatic rings. The van der Waals surface area contributed by atoms with E-state index in [0.29, 0.717) is 11.1 Å². The molecular weight excluding hydrogens is 231 g/mol. The van der Waals surface area contributed by atoms with Crippen molar-refractivity contribution in [3.8, 4) is 0 Å². The minimum atomic E-state index is -4.37. The van der Waals surface area contributed by atoms with Crippen molar-refractivity contribution in [2.24, 2.45) is 0 Å². The molecule has 0 aliphatic heterocycles. The quantitative estimate of drug-likeness (QED) is 0.795. The molecule has 1 N–H and O–H groups in total. The molecule has 1 rings (SSSR count). The Morgan fingerprint density at radius 2 is 2.00 bits per heavy atom. The molecule has 0 bridgehead atoms. The van der Waals surface area contributed by atoms with Crippen molar-refractivity contribution in [3.63, 3.8) is 0 Å². The van der Waals surface area contributed by atoms with Gasteiger partial charge in [0.15, 0.2) is 0 Å². The standard InChI is InChI=1S/C12H12F3NO/c1-8(6-11(17)16-2)9-4-3-5-10(7-9)12(13,14)15/h3-7H,1-2H3,(H,16,17)/b8-6+. The Morgan fingerprint density at radius 1 is 1.35 bits per heavy atom. The van der Waals surface area contributed by atoms with Crippen LogP contribution in [0.5, 0.6) is 0 Å². The van der Waals surface area contributed by atoms with Gasteiger partial charge in [0.05, 0.1) is 5.56 Å². The second-order valence-electron chi connectivity index (χ2n) is 3.52. The molecule has 2 nitrogen and oxygen atoms in total. The Bertz CT molecular complexity index is 449. The van der Waals surface area contributed by atoms with Crippen LogP contribution in [0.15, 0.2) is 30.3 Å². The molecule has 1 amide bonds. The molecule has 92 valence electrons. The number of nitrogens with one attached hydrogen (secondary N) is 1. The number of halogens is 3. The molecule has 0 radical (unpaired) electrons. The number of hydrogen-bond acceptors (Lipinski definition) is 1. The highest BCUT2D eigenvalue weighted by molar-refractivity contribution is 5.94. The fourth-order valence-corrected chi connectivity index (χ4v) is 1.29. The number of allylic oxidation sites excluding steroid dienone is 1. The third-order valence-electron chi connectivity index (χ3n) is 2.24. The summed E-state index contributed by atoms with van der Waals surface area (Å²) in [5, 5.41) is 2.37. The number of carbonyl (C=O) groups excluding carboxylic acids is 1. The molecule has 0 spiro atoms. The summed E-state index contributed by atoms with van der Waals surface area (Å²) in [6, 6.07) is 4.87. The number of rotatable bonds is 2. The van der Waals surface area contributed by atoms with Crippen molar-refractivity contribution >= 4 is 11.5 Å². The van der Waals surface area contributed by atoms with Crippen LogP contribution in [-0.2, 0) is 11.0 Å². The molecule has 0 heterocycles. The van der Waals surface area contributed by atoms with E-state index in [9.17, 15) is 18.0 Å². The smallest absolute Gasteiger partial charge is 0.356 e. The van der Waals surface area contributed by atoms with Crippen LogP contribution in [0.4, 0.5) is 13.2 Å². The van der Waals surface area contributed by atoms with E-state index in [1.807, 2.05) is 0 Å². The third-order valence-corrected chi connectivity index (χ3v) is 2.24. The molecule has 0 fully saturated rings. The Kier molecular flexibility index (Phi) is 3.93.